The first-order valence-electron chi connectivity index (χ1n) is 8.39. The molecule has 0 fully saturated rings. The number of pyridine rings is 1. The highest BCUT2D eigenvalue weighted by molar-refractivity contribution is 6.31. The predicted octanol–water partition coefficient (Wildman–Crippen LogP) is 4.59. The lowest BCUT2D eigenvalue weighted by Gasteiger charge is -2.09. The Hall–Kier alpha value is -2.85. The van der Waals surface area contributed by atoms with Gasteiger partial charge in [-0.1, -0.05) is 59.6 Å². The highest BCUT2D eigenvalue weighted by Gasteiger charge is 2.09. The van der Waals surface area contributed by atoms with Gasteiger partial charge in [0.1, 0.15) is 5.69 Å². The molecule has 0 saturated heterocycles. The molecule has 132 valence electrons. The Labute approximate surface area is 158 Å². The first-order valence-corrected chi connectivity index (χ1v) is 8.77. The Morgan fingerprint density at radius 3 is 2.69 bits per heavy atom. The van der Waals surface area contributed by atoms with E-state index in [1.165, 1.54) is 11.1 Å². The molecule has 26 heavy (non-hydrogen) atoms. The topological polar surface area (TPSA) is 54.0 Å². The van der Waals surface area contributed by atoms with Crippen LogP contribution in [-0.4, -0.2) is 10.9 Å². The smallest absolute Gasteiger partial charge is 0.270 e. The molecule has 0 bridgehead atoms. The Bertz CT molecular complexity index is 911. The summed E-state index contributed by atoms with van der Waals surface area (Å²) >= 11 is 6.11. The molecule has 0 spiro atoms. The number of benzene rings is 2. The van der Waals surface area contributed by atoms with Gasteiger partial charge < -0.3 is 10.6 Å². The first-order chi connectivity index (χ1) is 12.6. The summed E-state index contributed by atoms with van der Waals surface area (Å²) in [6, 6.07) is 19.3. The minimum absolute atomic E-state index is 0.232. The van der Waals surface area contributed by atoms with Gasteiger partial charge in [0.25, 0.3) is 5.91 Å². The average molecular weight is 366 g/mol. The number of nitrogens with zero attached hydrogens (tertiary/aromatic N) is 1. The summed E-state index contributed by atoms with van der Waals surface area (Å²) in [5.74, 6) is -0.232. The first kappa shape index (κ1) is 18.0. The maximum absolute atomic E-state index is 12.4. The third kappa shape index (κ3) is 4.83. The van der Waals surface area contributed by atoms with Crippen molar-refractivity contribution in [2.24, 2.45) is 0 Å². The summed E-state index contributed by atoms with van der Waals surface area (Å²) in [4.78, 5) is 16.5. The lowest BCUT2D eigenvalue weighted by Crippen LogP contribution is -2.24. The molecule has 0 saturated carbocycles. The SMILES string of the molecule is Cc1cccc(CNc2ccnc(C(=O)NCc3ccccc3Cl)c2)c1. The molecule has 0 aliphatic carbocycles. The van der Waals surface area contributed by atoms with E-state index in [-0.39, 0.29) is 5.91 Å². The molecular weight excluding hydrogens is 346 g/mol. The van der Waals surface area contributed by atoms with E-state index in [0.29, 0.717) is 23.8 Å². The second-order valence-corrected chi connectivity index (χ2v) is 6.45. The molecule has 1 aromatic heterocycles. The fourth-order valence-electron chi connectivity index (χ4n) is 2.60. The lowest BCUT2D eigenvalue weighted by molar-refractivity contribution is 0.0946. The molecule has 0 atom stereocenters. The lowest BCUT2D eigenvalue weighted by atomic mass is 10.1. The number of nitrogens with one attached hydrogen (secondary N) is 2. The van der Waals surface area contributed by atoms with E-state index >= 15 is 0 Å². The minimum Gasteiger partial charge on any atom is -0.381 e. The molecule has 0 unspecified atom stereocenters. The summed E-state index contributed by atoms with van der Waals surface area (Å²) in [5, 5.41) is 6.81. The second-order valence-electron chi connectivity index (χ2n) is 6.05. The fraction of sp³-hybridized carbons (Fsp3) is 0.143. The van der Waals surface area contributed by atoms with Gasteiger partial charge in [-0.25, -0.2) is 0 Å². The van der Waals surface area contributed by atoms with Crippen molar-refractivity contribution in [1.82, 2.24) is 10.3 Å². The van der Waals surface area contributed by atoms with E-state index in [1.807, 2.05) is 30.3 Å². The van der Waals surface area contributed by atoms with Gasteiger partial charge >= 0.3 is 0 Å². The van der Waals surface area contributed by atoms with Gasteiger partial charge in [-0.15, -0.1) is 0 Å². The molecule has 5 heteroatoms. The maximum Gasteiger partial charge on any atom is 0.270 e. The van der Waals surface area contributed by atoms with Gasteiger partial charge in [-0.3, -0.25) is 9.78 Å². The van der Waals surface area contributed by atoms with Crippen LogP contribution < -0.4 is 10.6 Å². The van der Waals surface area contributed by atoms with Crippen molar-refractivity contribution in [2.45, 2.75) is 20.0 Å². The molecule has 1 heterocycles. The largest absolute Gasteiger partial charge is 0.381 e. The van der Waals surface area contributed by atoms with Crippen LogP contribution in [0.25, 0.3) is 0 Å². The molecule has 1 amide bonds. The van der Waals surface area contributed by atoms with Crippen LogP contribution in [-0.2, 0) is 13.1 Å². The molecule has 0 aliphatic rings. The van der Waals surface area contributed by atoms with Crippen LogP contribution in [0.4, 0.5) is 5.69 Å². The van der Waals surface area contributed by atoms with E-state index < -0.39 is 0 Å². The van der Waals surface area contributed by atoms with Crippen molar-refractivity contribution in [3.05, 3.63) is 94.3 Å². The zero-order valence-corrected chi connectivity index (χ0v) is 15.3. The van der Waals surface area contributed by atoms with Crippen molar-refractivity contribution in [1.29, 1.82) is 0 Å². The highest BCUT2D eigenvalue weighted by Crippen LogP contribution is 2.15. The molecule has 2 aromatic carbocycles. The third-order valence-electron chi connectivity index (χ3n) is 3.97. The van der Waals surface area contributed by atoms with Gasteiger partial charge in [0, 0.05) is 30.0 Å². The molecule has 0 aliphatic heterocycles. The number of aromatic nitrogens is 1. The number of hydrogen-bond acceptors (Lipinski definition) is 3. The van der Waals surface area contributed by atoms with E-state index in [0.717, 1.165) is 11.3 Å². The van der Waals surface area contributed by atoms with Crippen molar-refractivity contribution in [3.63, 3.8) is 0 Å². The minimum atomic E-state index is -0.232. The number of aryl methyl sites for hydroxylation is 1. The van der Waals surface area contributed by atoms with Crippen molar-refractivity contribution < 1.29 is 4.79 Å². The molecule has 3 aromatic rings. The van der Waals surface area contributed by atoms with Crippen LogP contribution in [0, 0.1) is 6.92 Å². The number of carbonyl (C=O) groups excluding carboxylic acids is 1. The summed E-state index contributed by atoms with van der Waals surface area (Å²) in [6.07, 6.45) is 1.63. The molecule has 2 N–H and O–H groups in total. The van der Waals surface area contributed by atoms with Crippen LogP contribution in [0.2, 0.25) is 5.02 Å². The van der Waals surface area contributed by atoms with E-state index in [2.05, 4.69) is 40.7 Å². The summed E-state index contributed by atoms with van der Waals surface area (Å²) in [7, 11) is 0. The van der Waals surface area contributed by atoms with Gasteiger partial charge in [-0.05, 0) is 36.2 Å². The molecule has 3 rings (SSSR count). The van der Waals surface area contributed by atoms with Crippen LogP contribution >= 0.6 is 11.6 Å². The standard InChI is InChI=1S/C21H20ClN3O/c1-15-5-4-6-16(11-15)13-24-18-9-10-23-20(12-18)21(26)25-14-17-7-2-3-8-19(17)22/h2-12H,13-14H2,1H3,(H,23,24)(H,25,26). The van der Waals surface area contributed by atoms with Gasteiger partial charge in [0.05, 0.1) is 0 Å². The zero-order chi connectivity index (χ0) is 18.4. The Kier molecular flexibility index (Phi) is 5.87. The van der Waals surface area contributed by atoms with E-state index in [9.17, 15) is 4.79 Å². The number of carbonyl (C=O) groups is 1. The number of rotatable bonds is 6. The zero-order valence-electron chi connectivity index (χ0n) is 14.5. The van der Waals surface area contributed by atoms with Crippen molar-refractivity contribution in [3.8, 4) is 0 Å². The Morgan fingerprint density at radius 1 is 1.04 bits per heavy atom. The fourth-order valence-corrected chi connectivity index (χ4v) is 2.80. The molecule has 4 nitrogen and oxygen atoms in total. The average Bonchev–Trinajstić information content (AvgIpc) is 2.66. The summed E-state index contributed by atoms with van der Waals surface area (Å²) in [5.41, 5.74) is 4.50. The van der Waals surface area contributed by atoms with Crippen LogP contribution in [0.15, 0.2) is 66.9 Å². The number of anilines is 1. The summed E-state index contributed by atoms with van der Waals surface area (Å²) in [6.45, 7) is 3.12. The Balaban J connectivity index is 1.61. The number of halogens is 1. The van der Waals surface area contributed by atoms with E-state index in [1.54, 1.807) is 18.3 Å². The molecular formula is C21H20ClN3O. The second kappa shape index (κ2) is 8.50. The van der Waals surface area contributed by atoms with Gasteiger partial charge in [0.2, 0.25) is 0 Å². The Morgan fingerprint density at radius 2 is 1.88 bits per heavy atom. The third-order valence-corrected chi connectivity index (χ3v) is 4.34. The van der Waals surface area contributed by atoms with Crippen LogP contribution in [0.1, 0.15) is 27.2 Å². The van der Waals surface area contributed by atoms with Crippen LogP contribution in [0.3, 0.4) is 0 Å². The number of hydrogen-bond donors (Lipinski definition) is 2. The van der Waals surface area contributed by atoms with Gasteiger partial charge in [0.15, 0.2) is 0 Å². The quantitative estimate of drug-likeness (QED) is 0.672. The van der Waals surface area contributed by atoms with Crippen molar-refractivity contribution >= 4 is 23.2 Å². The van der Waals surface area contributed by atoms with Crippen LogP contribution in [0.5, 0.6) is 0 Å². The predicted molar refractivity (Wildman–Crippen MR) is 105 cm³/mol. The van der Waals surface area contributed by atoms with E-state index in [4.69, 9.17) is 11.6 Å². The monoisotopic (exact) mass is 365 g/mol. The maximum atomic E-state index is 12.4. The normalized spacial score (nSPS) is 10.4. The molecule has 0 radical (unpaired) electrons. The van der Waals surface area contributed by atoms with Crippen molar-refractivity contribution in [2.75, 3.05) is 5.32 Å². The number of amides is 1. The highest BCUT2D eigenvalue weighted by atomic mass is 35.5. The van der Waals surface area contributed by atoms with Gasteiger partial charge in [-0.2, -0.15) is 0 Å². The summed E-state index contributed by atoms with van der Waals surface area (Å²) < 4.78 is 0.